The molecule has 4 rings (SSSR count). The number of ether oxygens (including phenoxy) is 2. The van der Waals surface area contributed by atoms with E-state index in [2.05, 4.69) is 51.2 Å². The molecule has 0 N–H and O–H groups in total. The Morgan fingerprint density at radius 3 is 3.00 bits per heavy atom. The lowest BCUT2D eigenvalue weighted by Gasteiger charge is -2.43. The Morgan fingerprint density at radius 1 is 1.36 bits per heavy atom. The SMILES string of the molecule is COCCC1N=C2C=CC=C3N=C(Br)C=CC32N1CC1CCOCC1. The van der Waals surface area contributed by atoms with Crippen LogP contribution < -0.4 is 0 Å². The zero-order valence-electron chi connectivity index (χ0n) is 14.5. The van der Waals surface area contributed by atoms with Crippen LogP contribution >= 0.6 is 15.9 Å². The van der Waals surface area contributed by atoms with Crippen molar-refractivity contribution in [3.05, 3.63) is 36.1 Å². The fourth-order valence-corrected chi connectivity index (χ4v) is 4.49. The number of dihydropyridines is 1. The van der Waals surface area contributed by atoms with Crippen LogP contribution in [0.15, 0.2) is 46.1 Å². The van der Waals surface area contributed by atoms with Gasteiger partial charge in [0.15, 0.2) is 0 Å². The molecule has 5 nitrogen and oxygen atoms in total. The van der Waals surface area contributed by atoms with Crippen LogP contribution in [0.2, 0.25) is 0 Å². The first-order chi connectivity index (χ1) is 12.2. The van der Waals surface area contributed by atoms with Crippen molar-refractivity contribution in [1.82, 2.24) is 4.90 Å². The largest absolute Gasteiger partial charge is 0.385 e. The molecule has 1 fully saturated rings. The highest BCUT2D eigenvalue weighted by Crippen LogP contribution is 2.43. The van der Waals surface area contributed by atoms with Crippen LogP contribution in [0, 0.1) is 5.92 Å². The van der Waals surface area contributed by atoms with Crippen molar-refractivity contribution in [3.63, 3.8) is 0 Å². The van der Waals surface area contributed by atoms with Crippen molar-refractivity contribution in [2.24, 2.45) is 15.9 Å². The van der Waals surface area contributed by atoms with Crippen molar-refractivity contribution in [1.29, 1.82) is 0 Å². The van der Waals surface area contributed by atoms with E-state index in [1.807, 2.05) is 0 Å². The monoisotopic (exact) mass is 405 g/mol. The number of allylic oxidation sites excluding steroid dienone is 3. The lowest BCUT2D eigenvalue weighted by molar-refractivity contribution is 0.0360. The second-order valence-corrected chi connectivity index (χ2v) is 7.74. The number of halogens is 1. The summed E-state index contributed by atoms with van der Waals surface area (Å²) in [5.74, 6) is 0.637. The van der Waals surface area contributed by atoms with Gasteiger partial charge in [-0.05, 0) is 59.0 Å². The third-order valence-corrected chi connectivity index (χ3v) is 5.90. The molecule has 134 valence electrons. The number of hydrogen-bond acceptors (Lipinski definition) is 5. The molecule has 0 bridgehead atoms. The van der Waals surface area contributed by atoms with Gasteiger partial charge in [-0.2, -0.15) is 0 Å². The Hall–Kier alpha value is -1.08. The summed E-state index contributed by atoms with van der Waals surface area (Å²) in [6, 6.07) is 0. The number of aliphatic imine (C=N–C) groups is 2. The van der Waals surface area contributed by atoms with E-state index in [1.165, 1.54) is 0 Å². The van der Waals surface area contributed by atoms with Crippen molar-refractivity contribution >= 4 is 26.3 Å². The van der Waals surface area contributed by atoms with Crippen LogP contribution in [0.1, 0.15) is 19.3 Å². The Bertz CT molecular complexity index is 676. The van der Waals surface area contributed by atoms with E-state index in [4.69, 9.17) is 19.5 Å². The van der Waals surface area contributed by atoms with E-state index in [1.54, 1.807) is 7.11 Å². The molecule has 2 atom stereocenters. The summed E-state index contributed by atoms with van der Waals surface area (Å²) >= 11 is 3.52. The van der Waals surface area contributed by atoms with Gasteiger partial charge < -0.3 is 9.47 Å². The number of hydrogen-bond donors (Lipinski definition) is 0. The predicted octanol–water partition coefficient (Wildman–Crippen LogP) is 3.09. The third kappa shape index (κ3) is 3.10. The maximum absolute atomic E-state index is 5.55. The first-order valence-corrected chi connectivity index (χ1v) is 9.77. The topological polar surface area (TPSA) is 46.4 Å². The molecular formula is C19H24BrN3O2. The molecule has 3 aliphatic heterocycles. The van der Waals surface area contributed by atoms with Crippen molar-refractivity contribution in [2.75, 3.05) is 33.5 Å². The molecule has 1 saturated heterocycles. The van der Waals surface area contributed by atoms with Gasteiger partial charge in [0, 0.05) is 39.9 Å². The van der Waals surface area contributed by atoms with Crippen LogP contribution in [0.4, 0.5) is 0 Å². The minimum atomic E-state index is -0.331. The van der Waals surface area contributed by atoms with Crippen LogP contribution in [0.5, 0.6) is 0 Å². The maximum atomic E-state index is 5.55. The quantitative estimate of drug-likeness (QED) is 0.705. The van der Waals surface area contributed by atoms with Gasteiger partial charge in [-0.25, -0.2) is 4.99 Å². The van der Waals surface area contributed by atoms with Crippen molar-refractivity contribution in [2.45, 2.75) is 31.0 Å². The standard InChI is InChI=1S/C19H24BrN3O2/c1-24-10-8-18-22-16-4-2-3-15-19(16,9-5-17(20)21-15)23(18)13-14-6-11-25-12-7-14/h2-5,9,14,18H,6-8,10-13H2,1H3. The minimum absolute atomic E-state index is 0.126. The number of nitrogens with zero attached hydrogens (tertiary/aromatic N) is 3. The highest BCUT2D eigenvalue weighted by Gasteiger charge is 2.52. The molecule has 0 saturated carbocycles. The van der Waals surface area contributed by atoms with Gasteiger partial charge in [0.25, 0.3) is 0 Å². The zero-order chi connectivity index (χ0) is 17.3. The number of methoxy groups -OCH3 is 1. The highest BCUT2D eigenvalue weighted by molar-refractivity contribution is 9.18. The lowest BCUT2D eigenvalue weighted by atomic mass is 9.82. The summed E-state index contributed by atoms with van der Waals surface area (Å²) in [5.41, 5.74) is 1.82. The van der Waals surface area contributed by atoms with E-state index >= 15 is 0 Å². The summed E-state index contributed by atoms with van der Waals surface area (Å²) < 4.78 is 11.8. The molecule has 0 radical (unpaired) electrons. The van der Waals surface area contributed by atoms with E-state index in [9.17, 15) is 0 Å². The molecule has 0 aromatic rings. The summed E-state index contributed by atoms with van der Waals surface area (Å²) in [7, 11) is 1.75. The molecule has 3 heterocycles. The van der Waals surface area contributed by atoms with Crippen LogP contribution in [-0.2, 0) is 9.47 Å². The van der Waals surface area contributed by atoms with Gasteiger partial charge in [0.05, 0.1) is 11.4 Å². The maximum Gasteiger partial charge on any atom is 0.126 e. The van der Waals surface area contributed by atoms with Gasteiger partial charge in [-0.1, -0.05) is 6.08 Å². The van der Waals surface area contributed by atoms with E-state index in [0.717, 1.165) is 55.1 Å². The first-order valence-electron chi connectivity index (χ1n) is 8.98. The van der Waals surface area contributed by atoms with Crippen LogP contribution in [0.3, 0.4) is 0 Å². The highest BCUT2D eigenvalue weighted by atomic mass is 79.9. The lowest BCUT2D eigenvalue weighted by Crippen LogP contribution is -2.55. The van der Waals surface area contributed by atoms with E-state index < -0.39 is 0 Å². The fraction of sp³-hybridized carbons (Fsp3) is 0.579. The summed E-state index contributed by atoms with van der Waals surface area (Å²) in [6.45, 7) is 3.45. The predicted molar refractivity (Wildman–Crippen MR) is 103 cm³/mol. The van der Waals surface area contributed by atoms with E-state index in [0.29, 0.717) is 12.5 Å². The summed E-state index contributed by atoms with van der Waals surface area (Å²) in [4.78, 5) is 12.4. The van der Waals surface area contributed by atoms with Crippen LogP contribution in [-0.4, -0.2) is 60.4 Å². The Morgan fingerprint density at radius 2 is 2.20 bits per heavy atom. The molecule has 0 aromatic heterocycles. The molecule has 4 aliphatic rings. The Balaban J connectivity index is 1.68. The first kappa shape index (κ1) is 17.3. The molecular weight excluding hydrogens is 382 g/mol. The van der Waals surface area contributed by atoms with Crippen LogP contribution in [0.25, 0.3) is 0 Å². The summed E-state index contributed by atoms with van der Waals surface area (Å²) in [6.07, 6.45) is 13.9. The smallest absolute Gasteiger partial charge is 0.126 e. The van der Waals surface area contributed by atoms with Gasteiger partial charge in [0.1, 0.15) is 16.3 Å². The molecule has 1 spiro atoms. The minimum Gasteiger partial charge on any atom is -0.385 e. The Kier molecular flexibility index (Phi) is 5.04. The van der Waals surface area contributed by atoms with Gasteiger partial charge in [0.2, 0.25) is 0 Å². The average Bonchev–Trinajstić information content (AvgIpc) is 2.93. The van der Waals surface area contributed by atoms with Crippen molar-refractivity contribution < 1.29 is 9.47 Å². The van der Waals surface area contributed by atoms with Gasteiger partial charge >= 0.3 is 0 Å². The molecule has 6 heteroatoms. The second kappa shape index (κ2) is 7.27. The Labute approximate surface area is 157 Å². The third-order valence-electron chi connectivity index (χ3n) is 5.46. The molecule has 0 aromatic carbocycles. The van der Waals surface area contributed by atoms with E-state index in [-0.39, 0.29) is 11.7 Å². The molecule has 0 amide bonds. The zero-order valence-corrected chi connectivity index (χ0v) is 16.1. The average molecular weight is 406 g/mol. The normalized spacial score (nSPS) is 32.1. The fourth-order valence-electron chi connectivity index (χ4n) is 4.16. The molecule has 2 unspecified atom stereocenters. The number of rotatable bonds is 5. The molecule has 25 heavy (non-hydrogen) atoms. The van der Waals surface area contributed by atoms with Crippen molar-refractivity contribution in [3.8, 4) is 0 Å². The molecule has 1 aliphatic carbocycles. The van der Waals surface area contributed by atoms with Gasteiger partial charge in [-0.3, -0.25) is 9.89 Å². The summed E-state index contributed by atoms with van der Waals surface area (Å²) in [5, 5.41) is 0. The second-order valence-electron chi connectivity index (χ2n) is 6.93. The van der Waals surface area contributed by atoms with Gasteiger partial charge in [-0.15, -0.1) is 0 Å².